The van der Waals surface area contributed by atoms with Crippen LogP contribution in [0.5, 0.6) is 5.75 Å². The first-order chi connectivity index (χ1) is 6.02. The summed E-state index contributed by atoms with van der Waals surface area (Å²) in [6.07, 6.45) is 0. The van der Waals surface area contributed by atoms with Gasteiger partial charge in [-0.2, -0.15) is 0 Å². The van der Waals surface area contributed by atoms with Gasteiger partial charge in [0, 0.05) is 12.1 Å². The number of non-ortho nitro benzene ring substituents is 1. The minimum Gasteiger partial charge on any atom is -0.507 e. The number of hydrogen-bond acceptors (Lipinski definition) is 4. The highest BCUT2D eigenvalue weighted by atomic mass is 32.1. The summed E-state index contributed by atoms with van der Waals surface area (Å²) >= 11 is 3.45. The lowest BCUT2D eigenvalue weighted by Crippen LogP contribution is -1.93. The third-order valence-corrected chi connectivity index (χ3v) is 1.66. The third-order valence-electron chi connectivity index (χ3n) is 1.42. The van der Waals surface area contributed by atoms with Gasteiger partial charge in [0.1, 0.15) is 5.75 Å². The van der Waals surface area contributed by atoms with Crippen LogP contribution >= 0.6 is 12.6 Å². The number of nitro groups is 1. The Morgan fingerprint density at radius 1 is 1.54 bits per heavy atom. The predicted octanol–water partition coefficient (Wildman–Crippen LogP) is 1.37. The number of thiol groups is 1. The van der Waals surface area contributed by atoms with E-state index in [1.807, 2.05) is 0 Å². The van der Waals surface area contributed by atoms with Crippen LogP contribution in [0, 0.1) is 10.1 Å². The summed E-state index contributed by atoms with van der Waals surface area (Å²) in [5.74, 6) is -0.314. The minimum atomic E-state index is -0.707. The van der Waals surface area contributed by atoms with Crippen LogP contribution in [0.2, 0.25) is 0 Å². The molecule has 1 N–H and O–H groups in total. The number of rotatable bonds is 2. The van der Waals surface area contributed by atoms with E-state index in [9.17, 15) is 14.9 Å². The van der Waals surface area contributed by atoms with Gasteiger partial charge in [-0.15, -0.1) is 12.6 Å². The molecule has 0 saturated heterocycles. The molecule has 0 aliphatic rings. The fourth-order valence-electron chi connectivity index (χ4n) is 0.809. The molecule has 0 radical (unpaired) electrons. The highest BCUT2D eigenvalue weighted by molar-refractivity contribution is 7.97. The molecule has 0 spiro atoms. The van der Waals surface area contributed by atoms with Crippen molar-refractivity contribution in [1.29, 1.82) is 0 Å². The molecule has 13 heavy (non-hydrogen) atoms. The van der Waals surface area contributed by atoms with E-state index in [4.69, 9.17) is 5.11 Å². The molecule has 5 nitrogen and oxygen atoms in total. The van der Waals surface area contributed by atoms with Crippen molar-refractivity contribution in [2.75, 3.05) is 0 Å². The zero-order valence-corrected chi connectivity index (χ0v) is 7.19. The summed E-state index contributed by atoms with van der Waals surface area (Å²) in [6, 6.07) is 3.17. The predicted molar refractivity (Wildman–Crippen MR) is 48.1 cm³/mol. The van der Waals surface area contributed by atoms with Crippen LogP contribution in [0.15, 0.2) is 18.2 Å². The molecule has 0 aliphatic carbocycles. The lowest BCUT2D eigenvalue weighted by Gasteiger charge is -1.98. The number of phenolic OH excluding ortho intramolecular Hbond substituents is 1. The molecule has 0 fully saturated rings. The molecule has 1 aromatic carbocycles. The smallest absolute Gasteiger partial charge is 0.270 e. The number of nitrogens with zero attached hydrogens (tertiary/aromatic N) is 1. The van der Waals surface area contributed by atoms with Crippen LogP contribution in [0.3, 0.4) is 0 Å². The molecule has 0 saturated carbocycles. The number of carbonyl (C=O) groups excluding carboxylic acids is 1. The van der Waals surface area contributed by atoms with Gasteiger partial charge in [0.25, 0.3) is 5.69 Å². The van der Waals surface area contributed by atoms with E-state index in [1.165, 1.54) is 0 Å². The highest BCUT2D eigenvalue weighted by Gasteiger charge is 2.13. The SMILES string of the molecule is O=C(S)c1cc([N+](=O)[O-])ccc1O. The molecule has 0 unspecified atom stereocenters. The van der Waals surface area contributed by atoms with Gasteiger partial charge in [-0.25, -0.2) is 0 Å². The molecule has 0 aromatic heterocycles. The van der Waals surface area contributed by atoms with Gasteiger partial charge >= 0.3 is 0 Å². The summed E-state index contributed by atoms with van der Waals surface area (Å²) in [5, 5.41) is 18.7. The zero-order valence-electron chi connectivity index (χ0n) is 6.30. The molecule has 1 rings (SSSR count). The van der Waals surface area contributed by atoms with E-state index in [2.05, 4.69) is 12.6 Å². The van der Waals surface area contributed by atoms with E-state index >= 15 is 0 Å². The molecular weight excluding hydrogens is 194 g/mol. The van der Waals surface area contributed by atoms with Crippen molar-refractivity contribution in [2.45, 2.75) is 0 Å². The van der Waals surface area contributed by atoms with Crippen LogP contribution in [0.4, 0.5) is 5.69 Å². The average molecular weight is 199 g/mol. The normalized spacial score (nSPS) is 9.62. The molecule has 0 atom stereocenters. The van der Waals surface area contributed by atoms with Crippen molar-refractivity contribution < 1.29 is 14.8 Å². The van der Waals surface area contributed by atoms with Gasteiger partial charge in [-0.05, 0) is 6.07 Å². The Morgan fingerprint density at radius 2 is 2.15 bits per heavy atom. The summed E-state index contributed by atoms with van der Waals surface area (Å²) < 4.78 is 0. The van der Waals surface area contributed by atoms with Crippen molar-refractivity contribution in [3.05, 3.63) is 33.9 Å². The maximum absolute atomic E-state index is 10.7. The van der Waals surface area contributed by atoms with Gasteiger partial charge in [0.2, 0.25) is 5.12 Å². The van der Waals surface area contributed by atoms with E-state index in [-0.39, 0.29) is 17.0 Å². The first-order valence-electron chi connectivity index (χ1n) is 3.23. The Morgan fingerprint density at radius 3 is 2.62 bits per heavy atom. The quantitative estimate of drug-likeness (QED) is 0.428. The number of carbonyl (C=O) groups is 1. The molecule has 0 heterocycles. The van der Waals surface area contributed by atoms with Crippen molar-refractivity contribution >= 4 is 23.4 Å². The second-order valence-corrected chi connectivity index (χ2v) is 2.67. The second kappa shape index (κ2) is 3.44. The Labute approximate surface area is 78.6 Å². The van der Waals surface area contributed by atoms with Crippen molar-refractivity contribution in [1.82, 2.24) is 0 Å². The topological polar surface area (TPSA) is 80.4 Å². The lowest BCUT2D eigenvalue weighted by molar-refractivity contribution is -0.384. The first-order valence-corrected chi connectivity index (χ1v) is 3.68. The van der Waals surface area contributed by atoms with Crippen LogP contribution in [0.25, 0.3) is 0 Å². The molecular formula is C7H5NO4S. The molecule has 0 amide bonds. The van der Waals surface area contributed by atoms with Crippen LogP contribution < -0.4 is 0 Å². The Balaban J connectivity index is 3.27. The lowest BCUT2D eigenvalue weighted by atomic mass is 10.2. The van der Waals surface area contributed by atoms with E-state index in [0.29, 0.717) is 0 Å². The molecule has 0 aliphatic heterocycles. The maximum atomic E-state index is 10.7. The Hall–Kier alpha value is -1.56. The Kier molecular flexibility index (Phi) is 2.52. The molecule has 0 bridgehead atoms. The standard InChI is InChI=1S/C7H5NO4S/c9-6-2-1-4(8(11)12)3-5(6)7(10)13/h1-3,9H,(H,10,13). The highest BCUT2D eigenvalue weighted by Crippen LogP contribution is 2.23. The first kappa shape index (κ1) is 9.53. The summed E-state index contributed by atoms with van der Waals surface area (Å²) in [5.41, 5.74) is -0.423. The van der Waals surface area contributed by atoms with Crippen molar-refractivity contribution in [3.8, 4) is 5.75 Å². The van der Waals surface area contributed by atoms with Crippen molar-refractivity contribution in [2.24, 2.45) is 0 Å². The average Bonchev–Trinajstić information content (AvgIpc) is 2.04. The molecule has 6 heteroatoms. The van der Waals surface area contributed by atoms with Crippen LogP contribution in [-0.2, 0) is 0 Å². The van der Waals surface area contributed by atoms with E-state index in [1.54, 1.807) is 0 Å². The fraction of sp³-hybridized carbons (Fsp3) is 0. The third kappa shape index (κ3) is 1.97. The van der Waals surface area contributed by atoms with Gasteiger partial charge < -0.3 is 5.11 Å². The van der Waals surface area contributed by atoms with Crippen LogP contribution in [0.1, 0.15) is 10.4 Å². The molecule has 1 aromatic rings. The zero-order chi connectivity index (χ0) is 10.0. The number of nitro benzene ring substituents is 1. The monoisotopic (exact) mass is 199 g/mol. The largest absolute Gasteiger partial charge is 0.507 e. The van der Waals surface area contributed by atoms with Gasteiger partial charge in [-0.3, -0.25) is 14.9 Å². The summed E-state index contributed by atoms with van der Waals surface area (Å²) in [6.45, 7) is 0. The van der Waals surface area contributed by atoms with Crippen molar-refractivity contribution in [3.63, 3.8) is 0 Å². The minimum absolute atomic E-state index is 0.169. The van der Waals surface area contributed by atoms with Gasteiger partial charge in [-0.1, -0.05) is 0 Å². The van der Waals surface area contributed by atoms with Crippen LogP contribution in [-0.4, -0.2) is 15.1 Å². The number of aromatic hydroxyl groups is 1. The summed E-state index contributed by atoms with van der Waals surface area (Å²) in [4.78, 5) is 20.3. The second-order valence-electron chi connectivity index (χ2n) is 2.26. The van der Waals surface area contributed by atoms with Gasteiger partial charge in [0.15, 0.2) is 0 Å². The van der Waals surface area contributed by atoms with E-state index in [0.717, 1.165) is 18.2 Å². The number of hydrogen-bond donors (Lipinski definition) is 2. The summed E-state index contributed by atoms with van der Waals surface area (Å²) in [7, 11) is 0. The van der Waals surface area contributed by atoms with Gasteiger partial charge in [0.05, 0.1) is 10.5 Å². The maximum Gasteiger partial charge on any atom is 0.270 e. The number of benzene rings is 1. The fourth-order valence-corrected chi connectivity index (χ4v) is 0.988. The molecule has 68 valence electrons. The number of phenols is 1. The Bertz CT molecular complexity index is 377. The van der Waals surface area contributed by atoms with E-state index < -0.39 is 10.0 Å².